The highest BCUT2D eigenvalue weighted by atomic mass is 16.5. The minimum absolute atomic E-state index is 0.0152. The molecule has 2 aromatic carbocycles. The lowest BCUT2D eigenvalue weighted by Crippen LogP contribution is -2.37. The molecule has 1 heterocycles. The highest BCUT2D eigenvalue weighted by Crippen LogP contribution is 2.30. The van der Waals surface area contributed by atoms with Crippen molar-refractivity contribution in [3.63, 3.8) is 0 Å². The lowest BCUT2D eigenvalue weighted by molar-refractivity contribution is -0.122. The van der Waals surface area contributed by atoms with Crippen LogP contribution in [0.1, 0.15) is 36.4 Å². The highest BCUT2D eigenvalue weighted by molar-refractivity contribution is 5.81. The topological polar surface area (TPSA) is 102 Å². The van der Waals surface area contributed by atoms with E-state index < -0.39 is 11.2 Å². The molecule has 1 aliphatic carbocycles. The van der Waals surface area contributed by atoms with Crippen molar-refractivity contribution in [1.29, 1.82) is 0 Å². The van der Waals surface area contributed by atoms with Crippen molar-refractivity contribution in [3.05, 3.63) is 68.4 Å². The smallest absolute Gasteiger partial charge is 0.328 e. The zero-order chi connectivity index (χ0) is 22.0. The maximum Gasteiger partial charge on any atom is 0.328 e. The van der Waals surface area contributed by atoms with Crippen molar-refractivity contribution in [2.75, 3.05) is 14.2 Å². The zero-order valence-corrected chi connectivity index (χ0v) is 17.6. The number of rotatable bonds is 6. The van der Waals surface area contributed by atoms with Crippen molar-refractivity contribution in [1.82, 2.24) is 14.9 Å². The fraction of sp³-hybridized carbons (Fsp3) is 0.348. The molecule has 4 rings (SSSR count). The molecule has 0 aliphatic heterocycles. The highest BCUT2D eigenvalue weighted by Gasteiger charge is 2.21. The Morgan fingerprint density at radius 1 is 1.16 bits per heavy atom. The summed E-state index contributed by atoms with van der Waals surface area (Å²) in [6.45, 7) is -0.0152. The molecule has 1 aromatic heterocycles. The molecule has 0 spiro atoms. The van der Waals surface area contributed by atoms with Crippen molar-refractivity contribution in [2.45, 2.75) is 38.3 Å². The Morgan fingerprint density at radius 2 is 1.90 bits per heavy atom. The number of fused-ring (bicyclic) bond motifs is 2. The molecule has 0 saturated carbocycles. The third-order valence-electron chi connectivity index (χ3n) is 5.75. The van der Waals surface area contributed by atoms with Crippen molar-refractivity contribution in [2.24, 2.45) is 0 Å². The van der Waals surface area contributed by atoms with Gasteiger partial charge in [-0.25, -0.2) is 4.79 Å². The van der Waals surface area contributed by atoms with Crippen LogP contribution >= 0.6 is 0 Å². The first-order chi connectivity index (χ1) is 15.0. The van der Waals surface area contributed by atoms with Gasteiger partial charge in [-0.15, -0.1) is 0 Å². The monoisotopic (exact) mass is 423 g/mol. The number of nitrogens with zero attached hydrogens (tertiary/aromatic N) is 1. The van der Waals surface area contributed by atoms with E-state index in [2.05, 4.69) is 16.4 Å². The Labute approximate surface area is 178 Å². The number of carbonyl (C=O) groups excluding carboxylic acids is 1. The molecule has 8 nitrogen and oxygen atoms in total. The van der Waals surface area contributed by atoms with Crippen LogP contribution in [0.2, 0.25) is 0 Å². The van der Waals surface area contributed by atoms with Crippen molar-refractivity contribution in [3.8, 4) is 11.5 Å². The molecular weight excluding hydrogens is 398 g/mol. The van der Waals surface area contributed by atoms with Gasteiger partial charge in [0.2, 0.25) is 5.91 Å². The fourth-order valence-electron chi connectivity index (χ4n) is 4.17. The van der Waals surface area contributed by atoms with Crippen LogP contribution in [0.5, 0.6) is 11.5 Å². The largest absolute Gasteiger partial charge is 0.493 e. The summed E-state index contributed by atoms with van der Waals surface area (Å²) < 4.78 is 11.5. The van der Waals surface area contributed by atoms with Gasteiger partial charge < -0.3 is 19.8 Å². The number of hydrogen-bond donors (Lipinski definition) is 2. The number of ether oxygens (including phenoxy) is 2. The molecule has 0 unspecified atom stereocenters. The summed E-state index contributed by atoms with van der Waals surface area (Å²) in [6, 6.07) is 11.1. The molecule has 1 aliphatic rings. The maximum absolute atomic E-state index is 12.9. The van der Waals surface area contributed by atoms with Crippen molar-refractivity contribution >= 4 is 16.8 Å². The molecule has 0 fully saturated rings. The third-order valence-corrected chi connectivity index (χ3v) is 5.75. The molecule has 1 atom stereocenters. The van der Waals surface area contributed by atoms with Crippen LogP contribution in [0.15, 0.2) is 46.0 Å². The van der Waals surface area contributed by atoms with E-state index in [-0.39, 0.29) is 24.9 Å². The number of hydrogen-bond acceptors (Lipinski definition) is 5. The molecule has 3 aromatic rings. The van der Waals surface area contributed by atoms with Gasteiger partial charge in [0.25, 0.3) is 5.56 Å². The van der Waals surface area contributed by atoms with Crippen LogP contribution in [-0.2, 0) is 17.8 Å². The first-order valence-corrected chi connectivity index (χ1v) is 10.3. The first kappa shape index (κ1) is 20.7. The lowest BCUT2D eigenvalue weighted by Gasteiger charge is -2.26. The molecule has 1 amide bonds. The second-order valence-electron chi connectivity index (χ2n) is 7.60. The van der Waals surface area contributed by atoms with Crippen LogP contribution in [0, 0.1) is 0 Å². The van der Waals surface area contributed by atoms with Gasteiger partial charge in [0, 0.05) is 19.0 Å². The summed E-state index contributed by atoms with van der Waals surface area (Å²) in [6.07, 6.45) is 2.93. The number of aryl methyl sites for hydroxylation is 1. The van der Waals surface area contributed by atoms with E-state index in [0.29, 0.717) is 22.4 Å². The Hall–Kier alpha value is -3.55. The summed E-state index contributed by atoms with van der Waals surface area (Å²) in [4.78, 5) is 40.6. The third kappa shape index (κ3) is 4.05. The van der Waals surface area contributed by atoms with E-state index in [4.69, 9.17) is 9.47 Å². The Balaban J connectivity index is 1.53. The zero-order valence-electron chi connectivity index (χ0n) is 17.6. The summed E-state index contributed by atoms with van der Waals surface area (Å²) in [5, 5.41) is 3.34. The first-order valence-electron chi connectivity index (χ1n) is 10.3. The van der Waals surface area contributed by atoms with Gasteiger partial charge in [0.1, 0.15) is 0 Å². The normalized spacial score (nSPS) is 15.4. The number of methoxy groups -OCH3 is 2. The van der Waals surface area contributed by atoms with E-state index >= 15 is 0 Å². The summed E-state index contributed by atoms with van der Waals surface area (Å²) >= 11 is 0. The Kier molecular flexibility index (Phi) is 5.79. The van der Waals surface area contributed by atoms with E-state index in [1.54, 1.807) is 6.07 Å². The molecule has 2 N–H and O–H groups in total. The van der Waals surface area contributed by atoms with Crippen molar-refractivity contribution < 1.29 is 14.3 Å². The van der Waals surface area contributed by atoms with Gasteiger partial charge in [-0.1, -0.05) is 24.3 Å². The number of nitrogens with one attached hydrogen (secondary N) is 2. The van der Waals surface area contributed by atoms with Gasteiger partial charge in [-0.3, -0.25) is 14.2 Å². The number of amides is 1. The van der Waals surface area contributed by atoms with Crippen LogP contribution < -0.4 is 26.0 Å². The molecule has 31 heavy (non-hydrogen) atoms. The average Bonchev–Trinajstić information content (AvgIpc) is 2.78. The maximum atomic E-state index is 12.9. The molecular formula is C23H25N3O5. The van der Waals surface area contributed by atoms with Crippen LogP contribution in [-0.4, -0.2) is 29.7 Å². The fourth-order valence-corrected chi connectivity index (χ4v) is 4.17. The second-order valence-corrected chi connectivity index (χ2v) is 7.60. The van der Waals surface area contributed by atoms with E-state index in [1.807, 2.05) is 18.2 Å². The number of benzene rings is 2. The lowest BCUT2D eigenvalue weighted by atomic mass is 9.88. The number of H-pyrrole nitrogens is 1. The predicted molar refractivity (Wildman–Crippen MR) is 117 cm³/mol. The SMILES string of the molecule is COc1cc2[nH]c(=O)n(CCC(=O)N[C@H]3CCCc4ccccc43)c(=O)c2cc1OC. The summed E-state index contributed by atoms with van der Waals surface area (Å²) in [5.41, 5.74) is 1.71. The molecule has 0 bridgehead atoms. The number of carbonyl (C=O) groups is 1. The van der Waals surface area contributed by atoms with Crippen LogP contribution in [0.4, 0.5) is 0 Å². The number of aromatic amines is 1. The standard InChI is InChI=1S/C23H25N3O5/c1-30-19-12-16-18(13-20(19)31-2)25-23(29)26(22(16)28)11-10-21(27)24-17-9-5-7-14-6-3-4-8-15(14)17/h3-4,6,8,12-13,17H,5,7,9-11H2,1-2H3,(H,24,27)(H,25,29)/t17-/m0/s1. The van der Waals surface area contributed by atoms with Gasteiger partial charge in [0.15, 0.2) is 11.5 Å². The van der Waals surface area contributed by atoms with Gasteiger partial charge in [0.05, 0.1) is 31.2 Å². The molecule has 8 heteroatoms. The van der Waals surface area contributed by atoms with E-state index in [9.17, 15) is 14.4 Å². The van der Waals surface area contributed by atoms with E-state index in [0.717, 1.165) is 29.4 Å². The van der Waals surface area contributed by atoms with Crippen LogP contribution in [0.25, 0.3) is 10.9 Å². The van der Waals surface area contributed by atoms with Gasteiger partial charge >= 0.3 is 5.69 Å². The minimum atomic E-state index is -0.569. The summed E-state index contributed by atoms with van der Waals surface area (Å²) in [5.74, 6) is 0.606. The van der Waals surface area contributed by atoms with Gasteiger partial charge in [-0.05, 0) is 36.5 Å². The molecule has 0 saturated heterocycles. The van der Waals surface area contributed by atoms with E-state index in [1.165, 1.54) is 25.8 Å². The number of aromatic nitrogens is 2. The Morgan fingerprint density at radius 3 is 2.68 bits per heavy atom. The van der Waals surface area contributed by atoms with Gasteiger partial charge in [-0.2, -0.15) is 0 Å². The quantitative estimate of drug-likeness (QED) is 0.633. The molecule has 162 valence electrons. The molecule has 0 radical (unpaired) electrons. The van der Waals surface area contributed by atoms with Crippen LogP contribution in [0.3, 0.4) is 0 Å². The summed E-state index contributed by atoms with van der Waals surface area (Å²) in [7, 11) is 2.95. The minimum Gasteiger partial charge on any atom is -0.493 e. The Bertz CT molecular complexity index is 1240. The average molecular weight is 423 g/mol. The predicted octanol–water partition coefficient (Wildman–Crippen LogP) is 2.29. The second kappa shape index (κ2) is 8.67.